The number of anilines is 2. The molecule has 0 saturated carbocycles. The van der Waals surface area contributed by atoms with Gasteiger partial charge >= 0.3 is 5.69 Å². The number of hydrogen-bond acceptors (Lipinski definition) is 4. The molecule has 0 aromatic heterocycles. The standard InChI is InChI=1S/C13H11N3O3S/c17-12-7-6-10(8-11(12)16(18)19)15-13(20)14-9-4-2-1-3-5-9/h1-8,17H,(H2,14,15,20). The Hall–Kier alpha value is -2.67. The van der Waals surface area contributed by atoms with E-state index in [0.717, 1.165) is 5.69 Å². The summed E-state index contributed by atoms with van der Waals surface area (Å²) in [6.07, 6.45) is 0. The maximum atomic E-state index is 10.7. The lowest BCUT2D eigenvalue weighted by Crippen LogP contribution is -2.18. The van der Waals surface area contributed by atoms with Gasteiger partial charge in [-0.05, 0) is 36.5 Å². The molecule has 6 nitrogen and oxygen atoms in total. The van der Waals surface area contributed by atoms with Crippen LogP contribution in [0.15, 0.2) is 48.5 Å². The largest absolute Gasteiger partial charge is 0.502 e. The van der Waals surface area contributed by atoms with E-state index in [1.165, 1.54) is 18.2 Å². The third-order valence-electron chi connectivity index (χ3n) is 2.46. The monoisotopic (exact) mass is 289 g/mol. The van der Waals surface area contributed by atoms with Crippen molar-refractivity contribution in [1.82, 2.24) is 0 Å². The van der Waals surface area contributed by atoms with E-state index in [9.17, 15) is 15.2 Å². The highest BCUT2D eigenvalue weighted by Crippen LogP contribution is 2.28. The molecule has 3 N–H and O–H groups in total. The summed E-state index contributed by atoms with van der Waals surface area (Å²) < 4.78 is 0. The first-order chi connectivity index (χ1) is 9.56. The van der Waals surface area contributed by atoms with E-state index >= 15 is 0 Å². The molecule has 0 spiro atoms. The maximum absolute atomic E-state index is 10.7. The average Bonchev–Trinajstić information content (AvgIpc) is 2.41. The molecule has 0 radical (unpaired) electrons. The van der Waals surface area contributed by atoms with Crippen molar-refractivity contribution in [3.05, 3.63) is 58.6 Å². The Bertz CT molecular complexity index is 647. The number of nitrogens with one attached hydrogen (secondary N) is 2. The molecule has 2 aromatic rings. The average molecular weight is 289 g/mol. The van der Waals surface area contributed by atoms with Crippen LogP contribution in [0.2, 0.25) is 0 Å². The van der Waals surface area contributed by atoms with Crippen LogP contribution in [-0.2, 0) is 0 Å². The van der Waals surface area contributed by atoms with Crippen LogP contribution in [0.5, 0.6) is 5.75 Å². The van der Waals surface area contributed by atoms with Crippen molar-refractivity contribution >= 4 is 34.4 Å². The summed E-state index contributed by atoms with van der Waals surface area (Å²) in [5, 5.41) is 26.1. The summed E-state index contributed by atoms with van der Waals surface area (Å²) in [6.45, 7) is 0. The minimum absolute atomic E-state index is 0.302. The smallest absolute Gasteiger partial charge is 0.312 e. The SMILES string of the molecule is O=[N+]([O-])c1cc(NC(=S)Nc2ccccc2)ccc1O. The van der Waals surface area contributed by atoms with Gasteiger partial charge in [-0.15, -0.1) is 0 Å². The van der Waals surface area contributed by atoms with Crippen LogP contribution >= 0.6 is 12.2 Å². The molecule has 2 aromatic carbocycles. The molecule has 0 amide bonds. The molecule has 0 heterocycles. The third kappa shape index (κ3) is 3.42. The zero-order chi connectivity index (χ0) is 14.5. The molecule has 0 bridgehead atoms. The van der Waals surface area contributed by atoms with E-state index in [4.69, 9.17) is 12.2 Å². The highest BCUT2D eigenvalue weighted by atomic mass is 32.1. The Balaban J connectivity index is 2.08. The summed E-state index contributed by atoms with van der Waals surface area (Å²) in [5.74, 6) is -0.387. The van der Waals surface area contributed by atoms with Crippen LogP contribution in [-0.4, -0.2) is 15.1 Å². The Labute approximate surface area is 120 Å². The molecule has 20 heavy (non-hydrogen) atoms. The molecule has 7 heteroatoms. The van der Waals surface area contributed by atoms with Gasteiger partial charge in [0, 0.05) is 17.4 Å². The second-order valence-electron chi connectivity index (χ2n) is 3.91. The second-order valence-corrected chi connectivity index (χ2v) is 4.31. The Morgan fingerprint density at radius 2 is 1.75 bits per heavy atom. The van der Waals surface area contributed by atoms with Crippen molar-refractivity contribution in [3.8, 4) is 5.75 Å². The molecule has 0 aliphatic heterocycles. The van der Waals surface area contributed by atoms with Crippen LogP contribution in [0.25, 0.3) is 0 Å². The minimum atomic E-state index is -0.659. The first kappa shape index (κ1) is 13.8. The number of phenolic OH excluding ortho intramolecular Hbond substituents is 1. The minimum Gasteiger partial charge on any atom is -0.502 e. The van der Waals surface area contributed by atoms with Gasteiger partial charge < -0.3 is 15.7 Å². The number of benzene rings is 2. The molecule has 0 aliphatic rings. The molecule has 0 saturated heterocycles. The number of thiocarbonyl (C=S) groups is 1. The number of aromatic hydroxyl groups is 1. The van der Waals surface area contributed by atoms with Gasteiger partial charge in [0.2, 0.25) is 0 Å². The summed E-state index contributed by atoms with van der Waals surface area (Å²) in [4.78, 5) is 10.1. The van der Waals surface area contributed by atoms with Crippen LogP contribution < -0.4 is 10.6 Å². The molecular formula is C13H11N3O3S. The van der Waals surface area contributed by atoms with Crippen molar-refractivity contribution in [2.24, 2.45) is 0 Å². The van der Waals surface area contributed by atoms with Gasteiger partial charge in [-0.1, -0.05) is 18.2 Å². The maximum Gasteiger partial charge on any atom is 0.312 e. The number of nitro benzene ring substituents is 1. The van der Waals surface area contributed by atoms with Gasteiger partial charge in [-0.3, -0.25) is 10.1 Å². The summed E-state index contributed by atoms with van der Waals surface area (Å²) >= 11 is 5.11. The van der Waals surface area contributed by atoms with E-state index < -0.39 is 4.92 Å². The van der Waals surface area contributed by atoms with E-state index in [1.54, 1.807) is 0 Å². The fourth-order valence-electron chi connectivity index (χ4n) is 1.56. The first-order valence-corrected chi connectivity index (χ1v) is 6.07. The second kappa shape index (κ2) is 5.98. The summed E-state index contributed by atoms with van der Waals surface area (Å²) in [7, 11) is 0. The molecule has 0 unspecified atom stereocenters. The fraction of sp³-hybridized carbons (Fsp3) is 0. The van der Waals surface area contributed by atoms with Gasteiger partial charge in [0.25, 0.3) is 0 Å². The van der Waals surface area contributed by atoms with Crippen molar-refractivity contribution in [2.75, 3.05) is 10.6 Å². The van der Waals surface area contributed by atoms with Crippen LogP contribution in [0, 0.1) is 10.1 Å². The van der Waals surface area contributed by atoms with Gasteiger partial charge in [-0.25, -0.2) is 0 Å². The highest BCUT2D eigenvalue weighted by Gasteiger charge is 2.13. The zero-order valence-electron chi connectivity index (χ0n) is 10.2. The number of phenols is 1. The first-order valence-electron chi connectivity index (χ1n) is 5.67. The molecule has 2 rings (SSSR count). The number of nitro groups is 1. The van der Waals surface area contributed by atoms with E-state index in [1.807, 2.05) is 30.3 Å². The third-order valence-corrected chi connectivity index (χ3v) is 2.67. The Kier molecular flexibility index (Phi) is 4.11. The van der Waals surface area contributed by atoms with Gasteiger partial charge in [-0.2, -0.15) is 0 Å². The van der Waals surface area contributed by atoms with Crippen molar-refractivity contribution in [3.63, 3.8) is 0 Å². The van der Waals surface area contributed by atoms with Crippen molar-refractivity contribution in [2.45, 2.75) is 0 Å². The number of nitrogens with zero attached hydrogens (tertiary/aromatic N) is 1. The number of para-hydroxylation sites is 1. The molecular weight excluding hydrogens is 278 g/mol. The lowest BCUT2D eigenvalue weighted by Gasteiger charge is -2.10. The van der Waals surface area contributed by atoms with Gasteiger partial charge in [0.15, 0.2) is 10.9 Å². The molecule has 102 valence electrons. The van der Waals surface area contributed by atoms with Crippen molar-refractivity contribution in [1.29, 1.82) is 0 Å². The quantitative estimate of drug-likeness (QED) is 0.348. The molecule has 0 aliphatic carbocycles. The number of rotatable bonds is 3. The highest BCUT2D eigenvalue weighted by molar-refractivity contribution is 7.80. The van der Waals surface area contributed by atoms with Gasteiger partial charge in [0.05, 0.1) is 4.92 Å². The Morgan fingerprint density at radius 3 is 2.40 bits per heavy atom. The van der Waals surface area contributed by atoms with Gasteiger partial charge in [0.1, 0.15) is 0 Å². The normalized spacial score (nSPS) is 9.80. The van der Waals surface area contributed by atoms with Crippen LogP contribution in [0.3, 0.4) is 0 Å². The predicted octanol–water partition coefficient (Wildman–Crippen LogP) is 3.11. The van der Waals surface area contributed by atoms with E-state index in [0.29, 0.717) is 10.8 Å². The Morgan fingerprint density at radius 1 is 1.10 bits per heavy atom. The predicted molar refractivity (Wildman–Crippen MR) is 81.0 cm³/mol. The molecule has 0 atom stereocenters. The molecule has 0 fully saturated rings. The lowest BCUT2D eigenvalue weighted by molar-refractivity contribution is -0.385. The summed E-state index contributed by atoms with van der Waals surface area (Å²) in [6, 6.07) is 13.2. The van der Waals surface area contributed by atoms with Crippen LogP contribution in [0.1, 0.15) is 0 Å². The summed E-state index contributed by atoms with van der Waals surface area (Å²) in [5.41, 5.74) is 0.846. The van der Waals surface area contributed by atoms with E-state index in [-0.39, 0.29) is 11.4 Å². The number of hydrogen-bond donors (Lipinski definition) is 3. The van der Waals surface area contributed by atoms with Crippen molar-refractivity contribution < 1.29 is 10.0 Å². The van der Waals surface area contributed by atoms with Crippen LogP contribution in [0.4, 0.5) is 17.1 Å². The fourth-order valence-corrected chi connectivity index (χ4v) is 1.80. The van der Waals surface area contributed by atoms with E-state index in [2.05, 4.69) is 10.6 Å². The topological polar surface area (TPSA) is 87.4 Å². The lowest BCUT2D eigenvalue weighted by atomic mass is 10.2. The zero-order valence-corrected chi connectivity index (χ0v) is 11.1.